The molecule has 2 aromatic heterocycles. The van der Waals surface area contributed by atoms with Crippen LogP contribution in [0.4, 0.5) is 5.82 Å². The summed E-state index contributed by atoms with van der Waals surface area (Å²) in [7, 11) is 0. The second-order valence-electron chi connectivity index (χ2n) is 11.0. The first kappa shape index (κ1) is 27.7. The van der Waals surface area contributed by atoms with Crippen molar-refractivity contribution >= 4 is 45.6 Å². The van der Waals surface area contributed by atoms with E-state index >= 15 is 0 Å². The van der Waals surface area contributed by atoms with Gasteiger partial charge >= 0.3 is 0 Å². The molecule has 0 bridgehead atoms. The van der Waals surface area contributed by atoms with E-state index in [0.29, 0.717) is 34.7 Å². The number of hydrogen-bond acceptors (Lipinski definition) is 5. The van der Waals surface area contributed by atoms with Crippen molar-refractivity contribution in [1.29, 1.82) is 0 Å². The number of carbonyl (C=O) groups is 2. The third-order valence-electron chi connectivity index (χ3n) is 7.91. The summed E-state index contributed by atoms with van der Waals surface area (Å²) >= 11 is 6.80. The molecule has 1 amide bonds. The summed E-state index contributed by atoms with van der Waals surface area (Å²) in [5, 5.41) is 4.28. The number of fused-ring (bicyclic) bond motifs is 1. The van der Waals surface area contributed by atoms with Crippen LogP contribution in [0, 0.1) is 5.92 Å². The van der Waals surface area contributed by atoms with E-state index < -0.39 is 0 Å². The van der Waals surface area contributed by atoms with Gasteiger partial charge in [0.15, 0.2) is 5.78 Å². The first-order valence-corrected chi connectivity index (χ1v) is 14.7. The Morgan fingerprint density at radius 3 is 2.76 bits per heavy atom. The molecule has 4 aromatic rings. The van der Waals surface area contributed by atoms with Gasteiger partial charge < -0.3 is 5.32 Å². The summed E-state index contributed by atoms with van der Waals surface area (Å²) in [5.41, 5.74) is 6.34. The van der Waals surface area contributed by atoms with Crippen LogP contribution in [-0.2, 0) is 4.79 Å². The van der Waals surface area contributed by atoms with Crippen LogP contribution in [0.25, 0.3) is 27.6 Å². The fourth-order valence-corrected chi connectivity index (χ4v) is 5.80. The van der Waals surface area contributed by atoms with Crippen molar-refractivity contribution in [2.45, 2.75) is 44.4 Å². The second-order valence-corrected chi connectivity index (χ2v) is 11.4. The number of carbonyl (C=O) groups excluding carboxylic acids is 2. The number of nitrogens with one attached hydrogen (secondary N) is 1. The maximum atomic E-state index is 13.0. The topological polar surface area (TPSA) is 84.8 Å². The number of ketones is 1. The van der Waals surface area contributed by atoms with Crippen molar-refractivity contribution in [2.75, 3.05) is 5.32 Å². The SMILES string of the molecule is C=CC(=O)CCCC1C=C(c2cc(-c3ccc(C(=O)Nc4cc(C5CC5)ccn4)cc3Cl)cc3cncnc23)C=CC1. The number of nitrogens with zero attached hydrogens (tertiary/aromatic N) is 3. The maximum Gasteiger partial charge on any atom is 0.256 e. The minimum atomic E-state index is -0.255. The average molecular weight is 575 g/mol. The minimum absolute atomic E-state index is 0.0841. The molecule has 0 saturated heterocycles. The number of hydrogen-bond donors (Lipinski definition) is 1. The Labute approximate surface area is 250 Å². The number of anilines is 1. The summed E-state index contributed by atoms with van der Waals surface area (Å²) < 4.78 is 0. The van der Waals surface area contributed by atoms with Crippen LogP contribution >= 0.6 is 11.6 Å². The first-order chi connectivity index (χ1) is 20.5. The lowest BCUT2D eigenvalue weighted by Crippen LogP contribution is -2.13. The maximum absolute atomic E-state index is 13.0. The average Bonchev–Trinajstić information content (AvgIpc) is 3.87. The molecule has 6 nitrogen and oxygen atoms in total. The summed E-state index contributed by atoms with van der Waals surface area (Å²) in [6, 6.07) is 13.4. The predicted molar refractivity (Wildman–Crippen MR) is 168 cm³/mol. The van der Waals surface area contributed by atoms with E-state index in [1.807, 2.05) is 24.3 Å². The molecular formula is C35H31ClN4O2. The van der Waals surface area contributed by atoms with Crippen molar-refractivity contribution in [3.8, 4) is 11.1 Å². The molecule has 2 aliphatic carbocycles. The van der Waals surface area contributed by atoms with E-state index in [-0.39, 0.29) is 11.7 Å². The highest BCUT2D eigenvalue weighted by atomic mass is 35.5. The molecule has 0 aliphatic heterocycles. The van der Waals surface area contributed by atoms with Crippen LogP contribution < -0.4 is 5.32 Å². The van der Waals surface area contributed by atoms with Gasteiger partial charge in [-0.1, -0.05) is 42.5 Å². The molecule has 6 rings (SSSR count). The zero-order valence-electron chi connectivity index (χ0n) is 23.2. The van der Waals surface area contributed by atoms with Gasteiger partial charge in [-0.25, -0.2) is 15.0 Å². The van der Waals surface area contributed by atoms with E-state index in [0.717, 1.165) is 52.4 Å². The lowest BCUT2D eigenvalue weighted by molar-refractivity contribution is -0.114. The Hall–Kier alpha value is -4.42. The van der Waals surface area contributed by atoms with E-state index in [1.165, 1.54) is 24.5 Å². The molecule has 7 heteroatoms. The highest BCUT2D eigenvalue weighted by molar-refractivity contribution is 6.34. The molecule has 0 radical (unpaired) electrons. The highest BCUT2D eigenvalue weighted by Crippen LogP contribution is 2.40. The van der Waals surface area contributed by atoms with Crippen LogP contribution in [-0.4, -0.2) is 26.6 Å². The van der Waals surface area contributed by atoms with Gasteiger partial charge in [0.05, 0.1) is 5.52 Å². The first-order valence-electron chi connectivity index (χ1n) is 14.3. The zero-order chi connectivity index (χ0) is 29.1. The third-order valence-corrected chi connectivity index (χ3v) is 8.22. The number of benzene rings is 2. The number of amides is 1. The molecule has 1 atom stereocenters. The van der Waals surface area contributed by atoms with Crippen molar-refractivity contribution in [3.63, 3.8) is 0 Å². The van der Waals surface area contributed by atoms with Gasteiger partial charge in [-0.05, 0) is 103 Å². The van der Waals surface area contributed by atoms with Gasteiger partial charge in [0.1, 0.15) is 12.1 Å². The quantitative estimate of drug-likeness (QED) is 0.192. The molecule has 210 valence electrons. The van der Waals surface area contributed by atoms with Crippen molar-refractivity contribution in [1.82, 2.24) is 15.0 Å². The fraction of sp³-hybridized carbons (Fsp3) is 0.229. The summed E-state index contributed by atoms with van der Waals surface area (Å²) in [6.07, 6.45) is 18.7. The molecule has 1 saturated carbocycles. The molecule has 42 heavy (non-hydrogen) atoms. The second kappa shape index (κ2) is 12.2. The Bertz CT molecular complexity index is 1760. The molecular weight excluding hydrogens is 544 g/mol. The van der Waals surface area contributed by atoms with Gasteiger partial charge in [-0.3, -0.25) is 9.59 Å². The standard InChI is InChI=1S/C35H31ClN4O2/c1-2-29(41)8-4-6-22-5-3-7-25(15-22)31-17-27(16-28-20-37-21-39-34(28)31)30-12-11-26(18-32(30)36)35(42)40-33-19-24(13-14-38-33)23-9-10-23/h2-3,7,11-23H,1,4-6,8-10H2,(H,38,40,42). The summed E-state index contributed by atoms with van der Waals surface area (Å²) in [4.78, 5) is 37.9. The Morgan fingerprint density at radius 1 is 1.07 bits per heavy atom. The normalized spacial score (nSPS) is 16.2. The van der Waals surface area contributed by atoms with Crippen molar-refractivity contribution < 1.29 is 9.59 Å². The Morgan fingerprint density at radius 2 is 1.95 bits per heavy atom. The summed E-state index contributed by atoms with van der Waals surface area (Å²) in [6.45, 7) is 3.57. The van der Waals surface area contributed by atoms with Crippen LogP contribution in [0.2, 0.25) is 5.02 Å². The van der Waals surface area contributed by atoms with Crippen LogP contribution in [0.15, 0.2) is 92.1 Å². The van der Waals surface area contributed by atoms with E-state index in [9.17, 15) is 9.59 Å². The van der Waals surface area contributed by atoms with Gasteiger partial charge in [0.2, 0.25) is 0 Å². The van der Waals surface area contributed by atoms with Gasteiger partial charge in [-0.2, -0.15) is 0 Å². The van der Waals surface area contributed by atoms with Crippen LogP contribution in [0.3, 0.4) is 0 Å². The molecule has 1 fully saturated rings. The minimum Gasteiger partial charge on any atom is -0.307 e. The molecule has 2 heterocycles. The zero-order valence-corrected chi connectivity index (χ0v) is 24.0. The number of aromatic nitrogens is 3. The fourth-order valence-electron chi connectivity index (χ4n) is 5.51. The number of allylic oxidation sites excluding steroid dienone is 5. The number of rotatable bonds is 10. The lowest BCUT2D eigenvalue weighted by atomic mass is 9.87. The van der Waals surface area contributed by atoms with Gasteiger partial charge in [-0.15, -0.1) is 0 Å². The van der Waals surface area contributed by atoms with Gasteiger partial charge in [0.25, 0.3) is 5.91 Å². The number of pyridine rings is 1. The molecule has 1 N–H and O–H groups in total. The largest absolute Gasteiger partial charge is 0.307 e. The van der Waals surface area contributed by atoms with Crippen molar-refractivity contribution in [3.05, 3.63) is 114 Å². The lowest BCUT2D eigenvalue weighted by Gasteiger charge is -2.18. The summed E-state index contributed by atoms with van der Waals surface area (Å²) in [5.74, 6) is 1.29. The Kier molecular flexibility index (Phi) is 8.06. The monoisotopic (exact) mass is 574 g/mol. The molecule has 1 unspecified atom stereocenters. The smallest absolute Gasteiger partial charge is 0.256 e. The predicted octanol–water partition coefficient (Wildman–Crippen LogP) is 8.36. The number of halogens is 1. The van der Waals surface area contributed by atoms with Gasteiger partial charge in [0, 0.05) is 45.9 Å². The molecule has 2 aliphatic rings. The van der Waals surface area contributed by atoms with E-state index in [2.05, 4.69) is 51.1 Å². The van der Waals surface area contributed by atoms with Crippen LogP contribution in [0.5, 0.6) is 0 Å². The van der Waals surface area contributed by atoms with Crippen LogP contribution in [0.1, 0.15) is 65.9 Å². The van der Waals surface area contributed by atoms with E-state index in [1.54, 1.807) is 30.9 Å². The Balaban J connectivity index is 1.27. The van der Waals surface area contributed by atoms with Crippen molar-refractivity contribution in [2.24, 2.45) is 5.92 Å². The molecule has 2 aromatic carbocycles. The van der Waals surface area contributed by atoms with E-state index in [4.69, 9.17) is 11.6 Å². The molecule has 0 spiro atoms. The highest BCUT2D eigenvalue weighted by Gasteiger charge is 2.24. The third kappa shape index (κ3) is 6.24.